The SMILES string of the molecule is c1csc(-c2ccc3c(c2)c2cc(-c4cccs4)ccc2n3-c2ccc(-c3ccc(-n4c5ccc(-c6cccs6)cc5c5cc(-c6cccs6)ccc54)cc3)cc2)c1. The Morgan fingerprint density at radius 2 is 0.517 bits per heavy atom. The summed E-state index contributed by atoms with van der Waals surface area (Å²) in [6.07, 6.45) is 0. The Labute approximate surface area is 351 Å². The van der Waals surface area contributed by atoms with Gasteiger partial charge in [-0.3, -0.25) is 0 Å². The zero-order valence-electron chi connectivity index (χ0n) is 31.0. The molecule has 0 aliphatic carbocycles. The summed E-state index contributed by atoms with van der Waals surface area (Å²) < 4.78 is 4.84. The molecule has 0 aliphatic rings. The lowest BCUT2D eigenvalue weighted by Gasteiger charge is -2.12. The Kier molecular flexibility index (Phi) is 7.98. The number of hydrogen-bond acceptors (Lipinski definition) is 4. The third kappa shape index (κ3) is 5.56. The summed E-state index contributed by atoms with van der Waals surface area (Å²) in [6, 6.07) is 63.2. The summed E-state index contributed by atoms with van der Waals surface area (Å²) in [7, 11) is 0. The number of fused-ring (bicyclic) bond motifs is 6. The number of nitrogens with zero attached hydrogens (tertiary/aromatic N) is 2. The molecule has 6 heteroatoms. The lowest BCUT2D eigenvalue weighted by atomic mass is 10.0. The van der Waals surface area contributed by atoms with Crippen molar-refractivity contribution >= 4 is 89.0 Å². The highest BCUT2D eigenvalue weighted by Gasteiger charge is 2.17. The molecule has 0 saturated heterocycles. The molecule has 58 heavy (non-hydrogen) atoms. The van der Waals surface area contributed by atoms with Crippen LogP contribution in [0.2, 0.25) is 0 Å². The van der Waals surface area contributed by atoms with E-state index in [9.17, 15) is 0 Å². The van der Waals surface area contributed by atoms with Crippen molar-refractivity contribution in [2.75, 3.05) is 0 Å². The van der Waals surface area contributed by atoms with Gasteiger partial charge in [0.25, 0.3) is 0 Å². The van der Waals surface area contributed by atoms with E-state index in [4.69, 9.17) is 0 Å². The van der Waals surface area contributed by atoms with Gasteiger partial charge in [0.2, 0.25) is 0 Å². The van der Waals surface area contributed by atoms with Crippen molar-refractivity contribution in [3.05, 3.63) is 191 Å². The molecular weight excluding hydrogens is 781 g/mol. The molecule has 0 fully saturated rings. The van der Waals surface area contributed by atoms with Gasteiger partial charge in [0.15, 0.2) is 0 Å². The normalized spacial score (nSPS) is 11.8. The van der Waals surface area contributed by atoms with Crippen LogP contribution in [0.25, 0.3) is 108 Å². The summed E-state index contributed by atoms with van der Waals surface area (Å²) in [5.74, 6) is 0. The van der Waals surface area contributed by atoms with Gasteiger partial charge in [-0.1, -0.05) is 72.8 Å². The molecule has 12 rings (SSSR count). The maximum Gasteiger partial charge on any atom is 0.0541 e. The second-order valence-corrected chi connectivity index (χ2v) is 18.4. The van der Waals surface area contributed by atoms with Gasteiger partial charge in [-0.25, -0.2) is 0 Å². The molecule has 0 unspecified atom stereocenters. The van der Waals surface area contributed by atoms with Crippen molar-refractivity contribution in [2.24, 2.45) is 0 Å². The lowest BCUT2D eigenvalue weighted by Crippen LogP contribution is -1.95. The molecule has 274 valence electrons. The van der Waals surface area contributed by atoms with Gasteiger partial charge in [-0.2, -0.15) is 0 Å². The summed E-state index contributed by atoms with van der Waals surface area (Å²) in [4.78, 5) is 5.16. The summed E-state index contributed by atoms with van der Waals surface area (Å²) in [6.45, 7) is 0. The van der Waals surface area contributed by atoms with Crippen LogP contribution < -0.4 is 0 Å². The van der Waals surface area contributed by atoms with Crippen LogP contribution in [-0.4, -0.2) is 9.13 Å². The molecule has 0 amide bonds. The largest absolute Gasteiger partial charge is 0.309 e. The van der Waals surface area contributed by atoms with Crippen LogP contribution in [0.5, 0.6) is 0 Å². The van der Waals surface area contributed by atoms with Crippen LogP contribution in [0, 0.1) is 0 Å². The van der Waals surface area contributed by atoms with Crippen molar-refractivity contribution in [1.29, 1.82) is 0 Å². The van der Waals surface area contributed by atoms with Gasteiger partial charge < -0.3 is 9.13 Å². The molecule has 0 N–H and O–H groups in total. The van der Waals surface area contributed by atoms with Crippen molar-refractivity contribution < 1.29 is 0 Å². The number of thiophene rings is 4. The maximum atomic E-state index is 2.42. The predicted octanol–water partition coefficient (Wildman–Crippen LogP) is 16.5. The first kappa shape index (κ1) is 33.8. The molecule has 12 aromatic rings. The third-order valence-corrected chi connectivity index (χ3v) is 15.0. The van der Waals surface area contributed by atoms with Crippen molar-refractivity contribution in [3.63, 3.8) is 0 Å². The van der Waals surface area contributed by atoms with Gasteiger partial charge in [0, 0.05) is 52.4 Å². The molecular formula is C52H32N2S4. The molecule has 6 aromatic carbocycles. The minimum absolute atomic E-state index is 1.15. The van der Waals surface area contributed by atoms with Gasteiger partial charge in [-0.15, -0.1) is 45.3 Å². The number of hydrogen-bond donors (Lipinski definition) is 0. The van der Waals surface area contributed by atoms with E-state index in [0.717, 1.165) is 11.4 Å². The van der Waals surface area contributed by atoms with Crippen LogP contribution in [-0.2, 0) is 0 Å². The molecule has 6 heterocycles. The Morgan fingerprint density at radius 3 is 0.759 bits per heavy atom. The Balaban J connectivity index is 0.929. The standard InChI is InChI=1S/C52H32N2S4/c1-5-49(55-25-1)35-13-21-45-41(29-35)42-30-36(50-6-2-26-56-50)14-22-46(42)53(45)39-17-9-33(10-18-39)34-11-19-40(20-12-34)54-47-23-15-37(51-7-3-27-57-51)31-43(47)44-32-38(16-24-48(44)54)52-8-4-28-58-52/h1-32H. The van der Waals surface area contributed by atoms with Gasteiger partial charge in [-0.05, 0) is 152 Å². The molecule has 2 nitrogen and oxygen atoms in total. The molecule has 0 saturated carbocycles. The van der Waals surface area contributed by atoms with Crippen LogP contribution in [0.1, 0.15) is 0 Å². The van der Waals surface area contributed by atoms with Crippen molar-refractivity contribution in [3.8, 4) is 64.3 Å². The number of aromatic nitrogens is 2. The lowest BCUT2D eigenvalue weighted by molar-refractivity contribution is 1.18. The van der Waals surface area contributed by atoms with E-state index >= 15 is 0 Å². The summed E-state index contributed by atoms with van der Waals surface area (Å²) >= 11 is 7.15. The van der Waals surface area contributed by atoms with Crippen molar-refractivity contribution in [1.82, 2.24) is 9.13 Å². The van der Waals surface area contributed by atoms with Crippen LogP contribution in [0.4, 0.5) is 0 Å². The Hall–Kier alpha value is -6.28. The average molecular weight is 813 g/mol. The summed E-state index contributed by atoms with van der Waals surface area (Å²) in [5.41, 5.74) is 14.6. The van der Waals surface area contributed by atoms with Crippen LogP contribution in [0.3, 0.4) is 0 Å². The van der Waals surface area contributed by atoms with E-state index in [2.05, 4.69) is 201 Å². The fraction of sp³-hybridized carbons (Fsp3) is 0. The van der Waals surface area contributed by atoms with E-state index in [0.29, 0.717) is 0 Å². The molecule has 0 radical (unpaired) electrons. The van der Waals surface area contributed by atoms with Gasteiger partial charge in [0.1, 0.15) is 0 Å². The molecule has 0 spiro atoms. The molecule has 6 aromatic heterocycles. The highest BCUT2D eigenvalue weighted by Crippen LogP contribution is 2.41. The fourth-order valence-corrected chi connectivity index (χ4v) is 11.5. The second kappa shape index (κ2) is 13.7. The smallest absolute Gasteiger partial charge is 0.0541 e. The quantitative estimate of drug-likeness (QED) is 0.152. The molecule has 0 aliphatic heterocycles. The number of rotatable bonds is 7. The van der Waals surface area contributed by atoms with E-state index in [1.807, 2.05) is 0 Å². The van der Waals surface area contributed by atoms with E-state index in [1.165, 1.54) is 96.5 Å². The molecule has 0 bridgehead atoms. The highest BCUT2D eigenvalue weighted by atomic mass is 32.1. The fourth-order valence-electron chi connectivity index (χ4n) is 8.59. The maximum absolute atomic E-state index is 2.42. The number of benzene rings is 6. The first-order valence-corrected chi connectivity index (χ1v) is 22.8. The Morgan fingerprint density at radius 1 is 0.259 bits per heavy atom. The minimum atomic E-state index is 1.15. The van der Waals surface area contributed by atoms with E-state index in [-0.39, 0.29) is 0 Å². The van der Waals surface area contributed by atoms with E-state index in [1.54, 1.807) is 45.3 Å². The second-order valence-electron chi connectivity index (χ2n) is 14.6. The zero-order chi connectivity index (χ0) is 38.2. The van der Waals surface area contributed by atoms with E-state index < -0.39 is 0 Å². The first-order chi connectivity index (χ1) is 28.7. The predicted molar refractivity (Wildman–Crippen MR) is 254 cm³/mol. The monoisotopic (exact) mass is 812 g/mol. The van der Waals surface area contributed by atoms with Crippen LogP contribution in [0.15, 0.2) is 191 Å². The van der Waals surface area contributed by atoms with Crippen LogP contribution >= 0.6 is 45.3 Å². The summed E-state index contributed by atoms with van der Waals surface area (Å²) in [5, 5.41) is 13.7. The average Bonchev–Trinajstić information content (AvgIpc) is 4.14. The van der Waals surface area contributed by atoms with Gasteiger partial charge in [0.05, 0.1) is 22.1 Å². The highest BCUT2D eigenvalue weighted by molar-refractivity contribution is 7.14. The third-order valence-electron chi connectivity index (χ3n) is 11.3. The zero-order valence-corrected chi connectivity index (χ0v) is 34.3. The Bertz CT molecular complexity index is 2990. The minimum Gasteiger partial charge on any atom is -0.309 e. The first-order valence-electron chi connectivity index (χ1n) is 19.3. The van der Waals surface area contributed by atoms with Crippen molar-refractivity contribution in [2.45, 2.75) is 0 Å². The molecule has 0 atom stereocenters. The van der Waals surface area contributed by atoms with Gasteiger partial charge >= 0.3 is 0 Å². The topological polar surface area (TPSA) is 9.86 Å².